The van der Waals surface area contributed by atoms with Gasteiger partial charge in [0, 0.05) is 18.2 Å². The molecule has 0 radical (unpaired) electrons. The molecule has 0 spiro atoms. The highest BCUT2D eigenvalue weighted by atomic mass is 16.5. The Kier molecular flexibility index (Phi) is 4.95. The minimum absolute atomic E-state index is 0.279. The summed E-state index contributed by atoms with van der Waals surface area (Å²) in [5, 5.41) is 6.38. The second-order valence-electron chi connectivity index (χ2n) is 6.61. The fraction of sp³-hybridized carbons (Fsp3) is 0.182. The highest BCUT2D eigenvalue weighted by molar-refractivity contribution is 5.99. The molecule has 0 aliphatic carbocycles. The number of benzene rings is 2. The first-order valence-electron chi connectivity index (χ1n) is 9.18. The summed E-state index contributed by atoms with van der Waals surface area (Å²) in [7, 11) is 1.65. The maximum Gasteiger partial charge on any atom is 0.272 e. The summed E-state index contributed by atoms with van der Waals surface area (Å²) in [6, 6.07) is 12.9. The number of nitrogens with one attached hydrogen (secondary N) is 2. The number of carbonyl (C=O) groups is 1. The van der Waals surface area contributed by atoms with Crippen LogP contribution in [0.15, 0.2) is 59.4 Å². The van der Waals surface area contributed by atoms with Crippen LogP contribution in [-0.2, 0) is 0 Å². The number of hydrogen-bond acceptors (Lipinski definition) is 4. The quantitative estimate of drug-likeness (QED) is 0.687. The van der Waals surface area contributed by atoms with Crippen molar-refractivity contribution in [2.75, 3.05) is 20.2 Å². The molecule has 1 aliphatic heterocycles. The van der Waals surface area contributed by atoms with Crippen LogP contribution in [0.3, 0.4) is 0 Å². The van der Waals surface area contributed by atoms with Gasteiger partial charge in [0.25, 0.3) is 11.5 Å². The van der Waals surface area contributed by atoms with Crippen molar-refractivity contribution in [1.82, 2.24) is 15.1 Å². The second-order valence-corrected chi connectivity index (χ2v) is 6.61. The van der Waals surface area contributed by atoms with Gasteiger partial charge in [0.1, 0.15) is 5.75 Å². The van der Waals surface area contributed by atoms with E-state index < -0.39 is 0 Å². The van der Waals surface area contributed by atoms with Crippen molar-refractivity contribution in [1.29, 1.82) is 0 Å². The lowest BCUT2D eigenvalue weighted by atomic mass is 9.98. The van der Waals surface area contributed by atoms with Crippen molar-refractivity contribution in [3.63, 3.8) is 0 Å². The van der Waals surface area contributed by atoms with Gasteiger partial charge in [-0.15, -0.1) is 0 Å². The number of fused-ring (bicyclic) bond motifs is 1. The Bertz CT molecular complexity index is 1150. The first-order chi connectivity index (χ1) is 13.7. The molecule has 3 aromatic rings. The number of methoxy groups -OCH3 is 1. The van der Waals surface area contributed by atoms with Crippen molar-refractivity contribution >= 4 is 28.5 Å². The Morgan fingerprint density at radius 1 is 1.21 bits per heavy atom. The monoisotopic (exact) mass is 375 g/mol. The lowest BCUT2D eigenvalue weighted by molar-refractivity contribution is 0.0960. The fourth-order valence-electron chi connectivity index (χ4n) is 3.44. The molecule has 2 heterocycles. The maximum atomic E-state index is 12.6. The van der Waals surface area contributed by atoms with Crippen molar-refractivity contribution in [2.45, 2.75) is 6.42 Å². The Morgan fingerprint density at radius 3 is 2.86 bits per heavy atom. The number of ether oxygens (including phenoxy) is 1. The summed E-state index contributed by atoms with van der Waals surface area (Å²) >= 11 is 0. The molecular weight excluding hydrogens is 354 g/mol. The van der Waals surface area contributed by atoms with Gasteiger partial charge < -0.3 is 10.1 Å². The third-order valence-corrected chi connectivity index (χ3v) is 4.88. The van der Waals surface area contributed by atoms with Crippen molar-refractivity contribution < 1.29 is 9.53 Å². The zero-order chi connectivity index (χ0) is 19.5. The zero-order valence-corrected chi connectivity index (χ0v) is 15.6. The Hall–Kier alpha value is -3.38. The van der Waals surface area contributed by atoms with E-state index in [1.54, 1.807) is 37.5 Å². The van der Waals surface area contributed by atoms with Gasteiger partial charge in [0.05, 0.1) is 18.0 Å². The molecule has 1 aromatic heterocycles. The third kappa shape index (κ3) is 3.42. The lowest BCUT2D eigenvalue weighted by Gasteiger charge is -2.17. The average molecular weight is 375 g/mol. The number of carbonyl (C=O) groups excluding carboxylic acids is 1. The SMILES string of the molecule is COc1cc(/C=C/C(=O)n2[nH]c(=O)c3ccccc32)ccc1C1=CCNCC1. The van der Waals surface area contributed by atoms with Gasteiger partial charge in [-0.3, -0.25) is 14.7 Å². The number of rotatable bonds is 4. The molecule has 6 nitrogen and oxygen atoms in total. The van der Waals surface area contributed by atoms with E-state index in [2.05, 4.69) is 16.5 Å². The first kappa shape index (κ1) is 18.0. The highest BCUT2D eigenvalue weighted by Crippen LogP contribution is 2.30. The smallest absolute Gasteiger partial charge is 0.272 e. The highest BCUT2D eigenvalue weighted by Gasteiger charge is 2.12. The fourth-order valence-corrected chi connectivity index (χ4v) is 3.44. The van der Waals surface area contributed by atoms with E-state index in [4.69, 9.17) is 4.74 Å². The predicted molar refractivity (Wildman–Crippen MR) is 111 cm³/mol. The minimum atomic E-state index is -0.317. The number of para-hydroxylation sites is 1. The second kappa shape index (κ2) is 7.70. The predicted octanol–water partition coefficient (Wildman–Crippen LogP) is 3.07. The van der Waals surface area contributed by atoms with Crippen LogP contribution in [0.25, 0.3) is 22.6 Å². The van der Waals surface area contributed by atoms with Crippen LogP contribution in [0, 0.1) is 0 Å². The summed E-state index contributed by atoms with van der Waals surface area (Å²) in [6.45, 7) is 1.81. The topological polar surface area (TPSA) is 76.1 Å². The molecule has 1 aliphatic rings. The number of H-pyrrole nitrogens is 1. The normalized spacial score (nSPS) is 14.4. The summed E-state index contributed by atoms with van der Waals surface area (Å²) < 4.78 is 6.82. The molecule has 4 rings (SSSR count). The van der Waals surface area contributed by atoms with Gasteiger partial charge in [0.2, 0.25) is 0 Å². The molecule has 0 fully saturated rings. The Labute approximate surface area is 162 Å². The van der Waals surface area contributed by atoms with E-state index in [-0.39, 0.29) is 11.5 Å². The summed E-state index contributed by atoms with van der Waals surface area (Å²) in [5.41, 5.74) is 3.47. The van der Waals surface area contributed by atoms with Gasteiger partial charge >= 0.3 is 0 Å². The van der Waals surface area contributed by atoms with Gasteiger partial charge in [-0.2, -0.15) is 0 Å². The molecule has 0 saturated heterocycles. The largest absolute Gasteiger partial charge is 0.496 e. The van der Waals surface area contributed by atoms with Crippen molar-refractivity contribution in [3.05, 3.63) is 76.1 Å². The van der Waals surface area contributed by atoms with E-state index in [0.29, 0.717) is 10.9 Å². The van der Waals surface area contributed by atoms with Crippen LogP contribution in [0.4, 0.5) is 0 Å². The molecule has 0 unspecified atom stereocenters. The average Bonchev–Trinajstić information content (AvgIpc) is 3.09. The number of allylic oxidation sites excluding steroid dienone is 1. The molecule has 2 N–H and O–H groups in total. The maximum absolute atomic E-state index is 12.6. The lowest BCUT2D eigenvalue weighted by Crippen LogP contribution is -2.20. The first-order valence-corrected chi connectivity index (χ1v) is 9.18. The van der Waals surface area contributed by atoms with Gasteiger partial charge in [-0.05, 0) is 48.4 Å². The standard InChI is InChI=1S/C22H21N3O3/c1-28-20-14-15(6-8-17(20)16-10-12-23-13-11-16)7-9-21(26)25-19-5-3-2-4-18(19)22(27)24-25/h2-10,14,23H,11-13H2,1H3,(H,24,27)/b9-7+. The van der Waals surface area contributed by atoms with Crippen molar-refractivity contribution in [2.24, 2.45) is 0 Å². The Morgan fingerprint density at radius 2 is 2.07 bits per heavy atom. The van der Waals surface area contributed by atoms with E-state index >= 15 is 0 Å². The van der Waals surface area contributed by atoms with Crippen molar-refractivity contribution in [3.8, 4) is 5.75 Å². The molecule has 28 heavy (non-hydrogen) atoms. The molecule has 6 heteroatoms. The van der Waals surface area contributed by atoms with E-state index in [1.165, 1.54) is 16.3 Å². The molecule has 2 aromatic carbocycles. The number of nitrogens with zero attached hydrogens (tertiary/aromatic N) is 1. The van der Waals surface area contributed by atoms with Gasteiger partial charge in [-0.25, -0.2) is 4.68 Å². The molecule has 142 valence electrons. The summed E-state index contributed by atoms with van der Waals surface area (Å²) in [5.74, 6) is 0.463. The van der Waals surface area contributed by atoms with Crippen LogP contribution in [0.5, 0.6) is 5.75 Å². The number of hydrogen-bond donors (Lipinski definition) is 2. The van der Waals surface area contributed by atoms with Crippen LogP contribution in [0.1, 0.15) is 22.3 Å². The molecule has 0 bridgehead atoms. The minimum Gasteiger partial charge on any atom is -0.496 e. The van der Waals surface area contributed by atoms with Crippen LogP contribution in [0.2, 0.25) is 0 Å². The van der Waals surface area contributed by atoms with Crippen LogP contribution in [-0.4, -0.2) is 35.9 Å². The Balaban J connectivity index is 1.61. The zero-order valence-electron chi connectivity index (χ0n) is 15.6. The molecule has 0 amide bonds. The van der Waals surface area contributed by atoms with E-state index in [9.17, 15) is 9.59 Å². The van der Waals surface area contributed by atoms with Gasteiger partial charge in [0.15, 0.2) is 0 Å². The molecular formula is C22H21N3O3. The van der Waals surface area contributed by atoms with E-state index in [0.717, 1.165) is 36.4 Å². The summed E-state index contributed by atoms with van der Waals surface area (Å²) in [6.07, 6.45) is 6.30. The molecule has 0 saturated carbocycles. The third-order valence-electron chi connectivity index (χ3n) is 4.88. The number of aromatic amines is 1. The van der Waals surface area contributed by atoms with Crippen LogP contribution < -0.4 is 15.6 Å². The summed E-state index contributed by atoms with van der Waals surface area (Å²) in [4.78, 5) is 24.5. The molecule has 0 atom stereocenters. The van der Waals surface area contributed by atoms with E-state index in [1.807, 2.05) is 18.2 Å². The van der Waals surface area contributed by atoms with Crippen LogP contribution >= 0.6 is 0 Å². The number of aromatic nitrogens is 2. The van der Waals surface area contributed by atoms with Gasteiger partial charge in [-0.1, -0.05) is 30.3 Å².